The number of carbonyl (C=O) groups is 1. The van der Waals surface area contributed by atoms with Crippen LogP contribution >= 0.6 is 0 Å². The lowest BCUT2D eigenvalue weighted by molar-refractivity contribution is -0.123. The van der Waals surface area contributed by atoms with E-state index in [0.29, 0.717) is 30.9 Å². The SMILES string of the molecule is CCc1nnc(N2CCNC(=O)C2CC)c(C#N)c1CC. The van der Waals surface area contributed by atoms with Crippen LogP contribution in [0.5, 0.6) is 0 Å². The maximum Gasteiger partial charge on any atom is 0.242 e. The smallest absolute Gasteiger partial charge is 0.242 e. The molecule has 1 saturated heterocycles. The molecular formula is C15H21N5O. The van der Waals surface area contributed by atoms with Crippen molar-refractivity contribution in [2.24, 2.45) is 0 Å². The van der Waals surface area contributed by atoms with Gasteiger partial charge in [-0.3, -0.25) is 4.79 Å². The summed E-state index contributed by atoms with van der Waals surface area (Å²) in [4.78, 5) is 13.9. The molecule has 1 aliphatic rings. The molecule has 2 heterocycles. The Hall–Kier alpha value is -2.16. The summed E-state index contributed by atoms with van der Waals surface area (Å²) < 4.78 is 0. The molecule has 1 aromatic rings. The van der Waals surface area contributed by atoms with Crippen LogP contribution < -0.4 is 10.2 Å². The highest BCUT2D eigenvalue weighted by Gasteiger charge is 2.31. The number of rotatable bonds is 4. The van der Waals surface area contributed by atoms with E-state index in [2.05, 4.69) is 21.6 Å². The quantitative estimate of drug-likeness (QED) is 0.899. The van der Waals surface area contributed by atoms with Gasteiger partial charge in [-0.1, -0.05) is 20.8 Å². The molecule has 1 atom stereocenters. The van der Waals surface area contributed by atoms with Gasteiger partial charge in [0.2, 0.25) is 5.91 Å². The van der Waals surface area contributed by atoms with Gasteiger partial charge in [0.25, 0.3) is 0 Å². The largest absolute Gasteiger partial charge is 0.353 e. The van der Waals surface area contributed by atoms with Gasteiger partial charge in [0.1, 0.15) is 17.7 Å². The van der Waals surface area contributed by atoms with E-state index in [1.807, 2.05) is 25.7 Å². The van der Waals surface area contributed by atoms with E-state index in [1.54, 1.807) is 0 Å². The highest BCUT2D eigenvalue weighted by atomic mass is 16.2. The number of nitrogens with zero attached hydrogens (tertiary/aromatic N) is 4. The van der Waals surface area contributed by atoms with Gasteiger partial charge in [-0.05, 0) is 24.8 Å². The van der Waals surface area contributed by atoms with Crippen LogP contribution in [-0.4, -0.2) is 35.2 Å². The highest BCUT2D eigenvalue weighted by Crippen LogP contribution is 2.26. The van der Waals surface area contributed by atoms with Gasteiger partial charge in [-0.2, -0.15) is 10.4 Å². The molecule has 0 aromatic carbocycles. The van der Waals surface area contributed by atoms with Crippen LogP contribution in [0, 0.1) is 11.3 Å². The molecule has 0 spiro atoms. The first-order valence-corrected chi connectivity index (χ1v) is 7.50. The van der Waals surface area contributed by atoms with E-state index in [0.717, 1.165) is 24.1 Å². The minimum Gasteiger partial charge on any atom is -0.353 e. The van der Waals surface area contributed by atoms with Crippen LogP contribution in [0.1, 0.15) is 44.0 Å². The molecule has 1 fully saturated rings. The molecular weight excluding hydrogens is 266 g/mol. The van der Waals surface area contributed by atoms with Crippen molar-refractivity contribution in [2.75, 3.05) is 18.0 Å². The van der Waals surface area contributed by atoms with Crippen molar-refractivity contribution in [3.05, 3.63) is 16.8 Å². The van der Waals surface area contributed by atoms with Gasteiger partial charge in [-0.25, -0.2) is 0 Å². The number of anilines is 1. The number of nitrogens with one attached hydrogen (secondary N) is 1. The standard InChI is InChI=1S/C15H21N5O/c1-4-10-11(9-16)14(19-18-12(10)5-2)20-8-7-17-15(21)13(20)6-3/h13H,4-8H2,1-3H3,(H,17,21). The third kappa shape index (κ3) is 2.68. The Morgan fingerprint density at radius 3 is 2.67 bits per heavy atom. The van der Waals surface area contributed by atoms with E-state index in [1.165, 1.54) is 0 Å². The zero-order valence-electron chi connectivity index (χ0n) is 12.8. The summed E-state index contributed by atoms with van der Waals surface area (Å²) in [5.74, 6) is 0.542. The number of piperazine rings is 1. The molecule has 6 heteroatoms. The minimum atomic E-state index is -0.280. The molecule has 1 amide bonds. The van der Waals surface area contributed by atoms with Crippen LogP contribution in [0.25, 0.3) is 0 Å². The molecule has 0 saturated carbocycles. The van der Waals surface area contributed by atoms with E-state index in [9.17, 15) is 10.1 Å². The lowest BCUT2D eigenvalue weighted by atomic mass is 10.0. The monoisotopic (exact) mass is 287 g/mol. The maximum absolute atomic E-state index is 12.0. The molecule has 0 aliphatic carbocycles. The molecule has 1 unspecified atom stereocenters. The van der Waals surface area contributed by atoms with Crippen molar-refractivity contribution < 1.29 is 4.79 Å². The zero-order chi connectivity index (χ0) is 15.4. The molecule has 21 heavy (non-hydrogen) atoms. The van der Waals surface area contributed by atoms with Gasteiger partial charge in [-0.15, -0.1) is 5.10 Å². The zero-order valence-corrected chi connectivity index (χ0v) is 12.8. The summed E-state index contributed by atoms with van der Waals surface area (Å²) in [6, 6.07) is 1.99. The van der Waals surface area contributed by atoms with Crippen molar-refractivity contribution in [3.63, 3.8) is 0 Å². The fraction of sp³-hybridized carbons (Fsp3) is 0.600. The number of aryl methyl sites for hydroxylation is 1. The van der Waals surface area contributed by atoms with Crippen LogP contribution in [0.4, 0.5) is 5.82 Å². The Labute approximate surface area is 125 Å². The van der Waals surface area contributed by atoms with Crippen molar-refractivity contribution >= 4 is 11.7 Å². The summed E-state index contributed by atoms with van der Waals surface area (Å²) in [5, 5.41) is 21.0. The number of amides is 1. The normalized spacial score (nSPS) is 18.3. The second kappa shape index (κ2) is 6.53. The van der Waals surface area contributed by atoms with Crippen LogP contribution in [-0.2, 0) is 17.6 Å². The molecule has 112 valence electrons. The number of nitriles is 1. The summed E-state index contributed by atoms with van der Waals surface area (Å²) in [5.41, 5.74) is 2.38. The second-order valence-electron chi connectivity index (χ2n) is 5.05. The third-order valence-electron chi connectivity index (χ3n) is 3.93. The average molecular weight is 287 g/mol. The number of hydrogen-bond acceptors (Lipinski definition) is 5. The Bertz CT molecular complexity index is 578. The Balaban J connectivity index is 2.53. The maximum atomic E-state index is 12.0. The summed E-state index contributed by atoms with van der Waals surface area (Å²) in [6.45, 7) is 7.21. The molecule has 0 bridgehead atoms. The van der Waals surface area contributed by atoms with Crippen molar-refractivity contribution in [1.82, 2.24) is 15.5 Å². The van der Waals surface area contributed by atoms with Crippen LogP contribution in [0.15, 0.2) is 0 Å². The summed E-state index contributed by atoms with van der Waals surface area (Å²) in [6.07, 6.45) is 2.17. The molecule has 0 radical (unpaired) electrons. The molecule has 1 aromatic heterocycles. The lowest BCUT2D eigenvalue weighted by Gasteiger charge is -2.35. The van der Waals surface area contributed by atoms with E-state index in [-0.39, 0.29) is 11.9 Å². The van der Waals surface area contributed by atoms with Gasteiger partial charge < -0.3 is 10.2 Å². The van der Waals surface area contributed by atoms with E-state index in [4.69, 9.17) is 0 Å². The number of carbonyl (C=O) groups excluding carboxylic acids is 1. The summed E-state index contributed by atoms with van der Waals surface area (Å²) in [7, 11) is 0. The summed E-state index contributed by atoms with van der Waals surface area (Å²) >= 11 is 0. The van der Waals surface area contributed by atoms with Gasteiger partial charge in [0.05, 0.1) is 5.69 Å². The minimum absolute atomic E-state index is 0.00736. The Morgan fingerprint density at radius 2 is 2.10 bits per heavy atom. The molecule has 1 aliphatic heterocycles. The van der Waals surface area contributed by atoms with Crippen LogP contribution in [0.3, 0.4) is 0 Å². The molecule has 1 N–H and O–H groups in total. The van der Waals surface area contributed by atoms with Gasteiger partial charge in [0.15, 0.2) is 5.82 Å². The van der Waals surface area contributed by atoms with Crippen molar-refractivity contribution in [2.45, 2.75) is 46.1 Å². The predicted octanol–water partition coefficient (Wildman–Crippen LogP) is 1.19. The second-order valence-corrected chi connectivity index (χ2v) is 5.05. The predicted molar refractivity (Wildman–Crippen MR) is 79.9 cm³/mol. The molecule has 6 nitrogen and oxygen atoms in total. The fourth-order valence-electron chi connectivity index (χ4n) is 2.85. The topological polar surface area (TPSA) is 81.9 Å². The first-order chi connectivity index (χ1) is 10.2. The Kier molecular flexibility index (Phi) is 4.73. The van der Waals surface area contributed by atoms with E-state index < -0.39 is 0 Å². The average Bonchev–Trinajstić information content (AvgIpc) is 2.52. The number of hydrogen-bond donors (Lipinski definition) is 1. The number of aromatic nitrogens is 2. The first-order valence-electron chi connectivity index (χ1n) is 7.50. The van der Waals surface area contributed by atoms with Crippen LogP contribution in [0.2, 0.25) is 0 Å². The first kappa shape index (κ1) is 15.2. The van der Waals surface area contributed by atoms with E-state index >= 15 is 0 Å². The lowest BCUT2D eigenvalue weighted by Crippen LogP contribution is -2.55. The van der Waals surface area contributed by atoms with Crippen molar-refractivity contribution in [1.29, 1.82) is 5.26 Å². The third-order valence-corrected chi connectivity index (χ3v) is 3.93. The fourth-order valence-corrected chi connectivity index (χ4v) is 2.85. The molecule has 2 rings (SSSR count). The Morgan fingerprint density at radius 1 is 1.33 bits per heavy atom. The highest BCUT2D eigenvalue weighted by molar-refractivity contribution is 5.86. The van der Waals surface area contributed by atoms with Gasteiger partial charge >= 0.3 is 0 Å². The van der Waals surface area contributed by atoms with Gasteiger partial charge in [0, 0.05) is 13.1 Å². The van der Waals surface area contributed by atoms with Crippen molar-refractivity contribution in [3.8, 4) is 6.07 Å².